The maximum atomic E-state index is 4.32. The van der Waals surface area contributed by atoms with Crippen molar-refractivity contribution in [3.8, 4) is 0 Å². The van der Waals surface area contributed by atoms with Crippen molar-refractivity contribution in [2.75, 3.05) is 26.0 Å². The summed E-state index contributed by atoms with van der Waals surface area (Å²) >= 11 is 0. The van der Waals surface area contributed by atoms with Gasteiger partial charge in [-0.25, -0.2) is 4.98 Å². The second-order valence-corrected chi connectivity index (χ2v) is 5.69. The highest BCUT2D eigenvalue weighted by molar-refractivity contribution is 5.79. The lowest BCUT2D eigenvalue weighted by molar-refractivity contribution is 0.807. The number of pyridine rings is 1. The van der Waals surface area contributed by atoms with E-state index in [1.54, 1.807) is 7.05 Å². The molecule has 5 nitrogen and oxygen atoms in total. The van der Waals surface area contributed by atoms with Crippen molar-refractivity contribution >= 4 is 11.8 Å². The first-order valence-corrected chi connectivity index (χ1v) is 7.71. The molecule has 2 aromatic rings. The second kappa shape index (κ2) is 8.17. The molecular weight excluding hydrogens is 286 g/mol. The summed E-state index contributed by atoms with van der Waals surface area (Å²) in [4.78, 5) is 10.6. The van der Waals surface area contributed by atoms with Crippen LogP contribution in [0.15, 0.2) is 47.6 Å². The van der Waals surface area contributed by atoms with E-state index in [-0.39, 0.29) is 0 Å². The van der Waals surface area contributed by atoms with Crippen LogP contribution in [-0.4, -0.2) is 32.1 Å². The number of rotatable bonds is 5. The van der Waals surface area contributed by atoms with Gasteiger partial charge in [-0.05, 0) is 30.2 Å². The Labute approximate surface area is 138 Å². The van der Waals surface area contributed by atoms with Crippen LogP contribution in [0.2, 0.25) is 0 Å². The molecule has 0 radical (unpaired) electrons. The fourth-order valence-electron chi connectivity index (χ4n) is 2.23. The van der Waals surface area contributed by atoms with Crippen molar-refractivity contribution in [3.05, 3.63) is 59.3 Å². The minimum Gasteiger partial charge on any atom is -0.363 e. The normalized spacial score (nSPS) is 11.2. The number of benzene rings is 1. The molecule has 0 unspecified atom stereocenters. The molecule has 0 aliphatic carbocycles. The lowest BCUT2D eigenvalue weighted by Gasteiger charge is -2.14. The van der Waals surface area contributed by atoms with Crippen LogP contribution >= 0.6 is 0 Å². The standard InChI is InChI=1S/C18H25N5/c1-14-6-5-7-15(10-14)12-21-18(19-2)22-13-16-8-9-20-17(11-16)23(3)4/h5-11H,12-13H2,1-4H3,(H2,19,21,22). The lowest BCUT2D eigenvalue weighted by atomic mass is 10.1. The monoisotopic (exact) mass is 311 g/mol. The number of nitrogens with zero attached hydrogens (tertiary/aromatic N) is 3. The Balaban J connectivity index is 1.89. The van der Waals surface area contributed by atoms with Gasteiger partial charge in [0.1, 0.15) is 5.82 Å². The maximum absolute atomic E-state index is 4.32. The Kier molecular flexibility index (Phi) is 5.97. The third kappa shape index (κ3) is 5.29. The van der Waals surface area contributed by atoms with Crippen LogP contribution in [0.3, 0.4) is 0 Å². The van der Waals surface area contributed by atoms with E-state index in [0.29, 0.717) is 6.54 Å². The molecule has 0 saturated carbocycles. The second-order valence-electron chi connectivity index (χ2n) is 5.69. The Bertz CT molecular complexity index is 664. The quantitative estimate of drug-likeness (QED) is 0.657. The van der Waals surface area contributed by atoms with E-state index in [0.717, 1.165) is 18.3 Å². The largest absolute Gasteiger partial charge is 0.363 e. The fourth-order valence-corrected chi connectivity index (χ4v) is 2.23. The van der Waals surface area contributed by atoms with Crippen LogP contribution < -0.4 is 15.5 Å². The molecule has 0 aliphatic heterocycles. The van der Waals surface area contributed by atoms with E-state index in [9.17, 15) is 0 Å². The van der Waals surface area contributed by atoms with Crippen LogP contribution in [0, 0.1) is 6.92 Å². The molecule has 1 aromatic heterocycles. The van der Waals surface area contributed by atoms with Gasteiger partial charge in [-0.3, -0.25) is 4.99 Å². The van der Waals surface area contributed by atoms with Crippen LogP contribution in [0.5, 0.6) is 0 Å². The van der Waals surface area contributed by atoms with Crippen LogP contribution in [0.25, 0.3) is 0 Å². The SMILES string of the molecule is CN=C(NCc1cccc(C)c1)NCc1ccnc(N(C)C)c1. The van der Waals surface area contributed by atoms with E-state index in [4.69, 9.17) is 0 Å². The van der Waals surface area contributed by atoms with Crippen molar-refractivity contribution in [1.82, 2.24) is 15.6 Å². The highest BCUT2D eigenvalue weighted by Crippen LogP contribution is 2.09. The molecule has 0 aliphatic rings. The minimum atomic E-state index is 0.705. The Hall–Kier alpha value is -2.56. The van der Waals surface area contributed by atoms with Crippen molar-refractivity contribution in [2.45, 2.75) is 20.0 Å². The summed E-state index contributed by atoms with van der Waals surface area (Å²) in [5.74, 6) is 1.74. The summed E-state index contributed by atoms with van der Waals surface area (Å²) in [6, 6.07) is 12.5. The molecule has 1 heterocycles. The molecule has 23 heavy (non-hydrogen) atoms. The first-order valence-electron chi connectivity index (χ1n) is 7.71. The van der Waals surface area contributed by atoms with Gasteiger partial charge in [-0.2, -0.15) is 0 Å². The summed E-state index contributed by atoms with van der Waals surface area (Å²) in [7, 11) is 5.76. The molecule has 122 valence electrons. The summed E-state index contributed by atoms with van der Waals surface area (Å²) in [5, 5.41) is 6.66. The topological polar surface area (TPSA) is 52.6 Å². The minimum absolute atomic E-state index is 0.705. The number of hydrogen-bond acceptors (Lipinski definition) is 3. The Morgan fingerprint density at radius 2 is 1.78 bits per heavy atom. The molecule has 0 spiro atoms. The van der Waals surface area contributed by atoms with Crippen LogP contribution in [0.4, 0.5) is 5.82 Å². The molecule has 5 heteroatoms. The lowest BCUT2D eigenvalue weighted by Crippen LogP contribution is -2.36. The average Bonchev–Trinajstić information content (AvgIpc) is 2.55. The number of anilines is 1. The predicted molar refractivity (Wildman–Crippen MR) is 96.8 cm³/mol. The predicted octanol–water partition coefficient (Wildman–Crippen LogP) is 2.32. The number of hydrogen-bond donors (Lipinski definition) is 2. The van der Waals surface area contributed by atoms with Gasteiger partial charge < -0.3 is 15.5 Å². The Morgan fingerprint density at radius 1 is 1.09 bits per heavy atom. The fraction of sp³-hybridized carbons (Fsp3) is 0.333. The van der Waals surface area contributed by atoms with E-state index >= 15 is 0 Å². The zero-order valence-corrected chi connectivity index (χ0v) is 14.3. The average molecular weight is 311 g/mol. The molecule has 0 atom stereocenters. The van der Waals surface area contributed by atoms with Gasteiger partial charge >= 0.3 is 0 Å². The highest BCUT2D eigenvalue weighted by atomic mass is 15.2. The smallest absolute Gasteiger partial charge is 0.191 e. The van der Waals surface area contributed by atoms with Gasteiger partial charge in [0.15, 0.2) is 5.96 Å². The zero-order valence-electron chi connectivity index (χ0n) is 14.3. The molecule has 0 saturated heterocycles. The van der Waals surface area contributed by atoms with Crippen LogP contribution in [0.1, 0.15) is 16.7 Å². The molecule has 2 N–H and O–H groups in total. The number of nitrogens with one attached hydrogen (secondary N) is 2. The first kappa shape index (κ1) is 16.8. The van der Waals surface area contributed by atoms with E-state index in [1.165, 1.54) is 16.7 Å². The van der Waals surface area contributed by atoms with Gasteiger partial charge in [-0.1, -0.05) is 29.8 Å². The number of aryl methyl sites for hydroxylation is 1. The summed E-state index contributed by atoms with van der Waals surface area (Å²) in [6.07, 6.45) is 1.83. The molecule has 0 fully saturated rings. The van der Waals surface area contributed by atoms with Gasteiger partial charge in [0, 0.05) is 40.4 Å². The van der Waals surface area contributed by atoms with Crippen molar-refractivity contribution in [2.24, 2.45) is 4.99 Å². The number of aliphatic imine (C=N–C) groups is 1. The van der Waals surface area contributed by atoms with E-state index in [1.807, 2.05) is 31.3 Å². The number of aromatic nitrogens is 1. The van der Waals surface area contributed by atoms with Crippen molar-refractivity contribution in [3.63, 3.8) is 0 Å². The molecule has 1 aromatic carbocycles. The van der Waals surface area contributed by atoms with Gasteiger partial charge in [0.2, 0.25) is 0 Å². The molecule has 2 rings (SSSR count). The number of guanidine groups is 1. The zero-order chi connectivity index (χ0) is 16.7. The first-order chi connectivity index (χ1) is 11.1. The van der Waals surface area contributed by atoms with Gasteiger partial charge in [-0.15, -0.1) is 0 Å². The third-order valence-electron chi connectivity index (χ3n) is 3.49. The summed E-state index contributed by atoms with van der Waals surface area (Å²) in [6.45, 7) is 3.56. The van der Waals surface area contributed by atoms with Gasteiger partial charge in [0.05, 0.1) is 0 Å². The highest BCUT2D eigenvalue weighted by Gasteiger charge is 2.02. The Morgan fingerprint density at radius 3 is 2.39 bits per heavy atom. The van der Waals surface area contributed by atoms with Crippen LogP contribution in [-0.2, 0) is 13.1 Å². The molecular formula is C18H25N5. The van der Waals surface area contributed by atoms with Gasteiger partial charge in [0.25, 0.3) is 0 Å². The maximum Gasteiger partial charge on any atom is 0.191 e. The third-order valence-corrected chi connectivity index (χ3v) is 3.49. The molecule has 0 bridgehead atoms. The molecule has 0 amide bonds. The van der Waals surface area contributed by atoms with Crippen molar-refractivity contribution < 1.29 is 0 Å². The van der Waals surface area contributed by atoms with E-state index in [2.05, 4.69) is 57.9 Å². The van der Waals surface area contributed by atoms with Crippen molar-refractivity contribution in [1.29, 1.82) is 0 Å². The van der Waals surface area contributed by atoms with E-state index < -0.39 is 0 Å². The summed E-state index contributed by atoms with van der Waals surface area (Å²) < 4.78 is 0. The summed E-state index contributed by atoms with van der Waals surface area (Å²) in [5.41, 5.74) is 3.68.